The van der Waals surface area contributed by atoms with Crippen molar-refractivity contribution in [2.45, 2.75) is 0 Å². The predicted octanol–water partition coefficient (Wildman–Crippen LogP) is 22.3. The summed E-state index contributed by atoms with van der Waals surface area (Å²) in [4.78, 5) is 0. The molecule has 0 saturated heterocycles. The van der Waals surface area contributed by atoms with Gasteiger partial charge in [0.15, 0.2) is 0 Å². The fraction of sp³-hybridized carbons (Fsp3) is 0.0515. The smallest absolute Gasteiger partial charge is 0.497 e. The fourth-order valence-electron chi connectivity index (χ4n) is 11.1. The van der Waals surface area contributed by atoms with E-state index in [0.717, 1.165) is 22.6 Å². The molecule has 14 aromatic carbocycles. The summed E-state index contributed by atoms with van der Waals surface area (Å²) in [7, 11) is -9.88. The average molecular weight is 1800 g/mol. The van der Waals surface area contributed by atoms with E-state index in [2.05, 4.69) is 388 Å². The van der Waals surface area contributed by atoms with Crippen LogP contribution in [-0.4, -0.2) is 31.9 Å². The summed E-state index contributed by atoms with van der Waals surface area (Å²) in [5.74, 6) is 19.5. The van der Waals surface area contributed by atoms with E-state index in [1.54, 1.807) is 14.2 Å². The molecule has 0 fully saturated rings. The Morgan fingerprint density at radius 2 is 0.348 bits per heavy atom. The summed E-state index contributed by atoms with van der Waals surface area (Å²) >= 11 is 0. The van der Waals surface area contributed by atoms with E-state index in [-0.39, 0.29) is 51.2 Å². The van der Waals surface area contributed by atoms with Gasteiger partial charge in [0.2, 0.25) is 0 Å². The van der Waals surface area contributed by atoms with E-state index in [0.29, 0.717) is 0 Å². The van der Waals surface area contributed by atoms with Crippen LogP contribution in [0.5, 0.6) is 11.5 Å². The number of rotatable bonds is 20. The molecule has 2 nitrogen and oxygen atoms in total. The van der Waals surface area contributed by atoms with Crippen molar-refractivity contribution in [1.82, 2.24) is 0 Å². The Balaban J connectivity index is 0.000000225. The molecule has 0 amide bonds. The minimum atomic E-state index is -10.7. The van der Waals surface area contributed by atoms with E-state index in [9.17, 15) is 25.2 Å². The zero-order valence-corrected chi connectivity index (χ0v) is 71.6. The third-order valence-corrected chi connectivity index (χ3v) is 34.2. The van der Waals surface area contributed by atoms with Crippen LogP contribution in [0.2, 0.25) is 0 Å². The molecule has 0 unspecified atom stereocenters. The standard InChI is InChI=1S/3C25H22P2.2C11H7O.3Cu.F6P/c3*1-5-13-22(14-6-1)26(23-15-7-2-8-16-23)21-27(24-17-9-3-10-18-24)25-19-11-4-12-20-25;2*1-3-4-5-10-6-8-11(12-2)9-7-10;;;;1-7(2,3,4,5)6/h3*1-20H,21H2;2*6-9H,2H3;;;;/q;;;2*-1;3*+1;-1. The molecule has 0 aliphatic carbocycles. The van der Waals surface area contributed by atoms with Gasteiger partial charge in [-0.25, -0.2) is 11.8 Å². The number of hydrogen-bond acceptors (Lipinski definition) is 2. The zero-order valence-electron chi connectivity index (χ0n) is 62.5. The molecule has 0 aliphatic heterocycles. The van der Waals surface area contributed by atoms with Gasteiger partial charge < -0.3 is 22.3 Å². The SMILES string of the molecule is F[P-](F)(F)(F)(F)F.[C-]#CC#Cc1ccc(OC)cc1.[C-]#CC#Cc1ccc(OC)cc1.[Cu+].[Cu+].[Cu+].c1ccc(P(CP(c2ccccc2)c2ccccc2)c2ccccc2)cc1.c1ccc(P(CP(c2ccccc2)c2ccccc2)c2ccccc2)cc1.c1ccc(P(CP(c2ccccc2)c2ccccc2)c2ccccc2)cc1. The number of ether oxygens (including phenoxy) is 2. The first-order valence-electron chi connectivity index (χ1n) is 35.4. The number of hydrogen-bond donors (Lipinski definition) is 0. The van der Waals surface area contributed by atoms with E-state index in [1.165, 1.54) is 81.4 Å². The van der Waals surface area contributed by atoms with Crippen molar-refractivity contribution < 1.29 is 85.9 Å². The van der Waals surface area contributed by atoms with Crippen LogP contribution in [0.4, 0.5) is 25.2 Å². The second-order valence-electron chi connectivity index (χ2n) is 24.2. The Morgan fingerprint density at radius 3 is 0.452 bits per heavy atom. The second-order valence-corrected chi connectivity index (χ2v) is 40.8. The van der Waals surface area contributed by atoms with Gasteiger partial charge >= 0.3 is 84.2 Å². The summed E-state index contributed by atoms with van der Waals surface area (Å²) < 4.78 is 69.1. The molecule has 0 bridgehead atoms. The monoisotopic (exact) mass is 1800 g/mol. The summed E-state index contributed by atoms with van der Waals surface area (Å²) in [6, 6.07) is 147. The minimum absolute atomic E-state index is 0. The van der Waals surface area contributed by atoms with Crippen LogP contribution in [0.25, 0.3) is 0 Å². The van der Waals surface area contributed by atoms with Gasteiger partial charge in [0.05, 0.1) is 14.2 Å². The van der Waals surface area contributed by atoms with Gasteiger partial charge in [0, 0.05) is 28.8 Å². The van der Waals surface area contributed by atoms with Gasteiger partial charge in [0.1, 0.15) is 11.5 Å². The summed E-state index contributed by atoms with van der Waals surface area (Å²) in [5.41, 5.74) is 1.71. The topological polar surface area (TPSA) is 18.5 Å². The Kier molecular flexibility index (Phi) is 41.2. The van der Waals surface area contributed by atoms with Gasteiger partial charge in [0.25, 0.3) is 0 Å². The molecule has 0 aliphatic rings. The van der Waals surface area contributed by atoms with Crippen molar-refractivity contribution in [3.05, 3.63) is 436 Å². The first kappa shape index (κ1) is 94.9. The van der Waals surface area contributed by atoms with Crippen LogP contribution in [0, 0.1) is 48.4 Å². The van der Waals surface area contributed by atoms with Gasteiger partial charge in [-0.15, -0.1) is 0 Å². The van der Waals surface area contributed by atoms with Crippen molar-refractivity contribution in [2.24, 2.45) is 0 Å². The summed E-state index contributed by atoms with van der Waals surface area (Å²) in [6.45, 7) is 0. The predicted molar refractivity (Wildman–Crippen MR) is 477 cm³/mol. The molecule has 0 spiro atoms. The maximum atomic E-state index is 9.87. The zero-order chi connectivity index (χ0) is 79.0. The van der Waals surface area contributed by atoms with E-state index in [1.807, 2.05) is 60.4 Å². The van der Waals surface area contributed by atoms with Gasteiger partial charge in [-0.3, -0.25) is 11.8 Å². The molecule has 0 N–H and O–H groups in total. The van der Waals surface area contributed by atoms with Crippen molar-refractivity contribution >= 4 is 119 Å². The first-order valence-corrected chi connectivity index (χ1v) is 46.6. The molecular weight excluding hydrogens is 1720 g/mol. The Labute approximate surface area is 714 Å². The normalized spacial score (nSPS) is 10.8. The molecular formula is C97H80Cu3F6O2P7. The van der Waals surface area contributed by atoms with E-state index >= 15 is 0 Å². The maximum absolute atomic E-state index is 10.7. The Hall–Kier alpha value is -8.93. The Bertz CT molecular complexity index is 4290. The van der Waals surface area contributed by atoms with Gasteiger partial charge in [-0.05, 0) is 160 Å². The molecule has 0 saturated carbocycles. The van der Waals surface area contributed by atoms with E-state index < -0.39 is 55.3 Å². The largest absolute Gasteiger partial charge is 1.00 e. The molecule has 590 valence electrons. The molecule has 14 aromatic rings. The van der Waals surface area contributed by atoms with Crippen molar-refractivity contribution in [2.75, 3.05) is 31.9 Å². The molecule has 14 rings (SSSR count). The molecule has 0 heterocycles. The fourth-order valence-corrected chi connectivity index (χ4v) is 30.6. The van der Waals surface area contributed by atoms with Crippen molar-refractivity contribution in [1.29, 1.82) is 0 Å². The van der Waals surface area contributed by atoms with Crippen LogP contribution in [0.1, 0.15) is 11.1 Å². The number of halogens is 6. The van der Waals surface area contributed by atoms with Crippen molar-refractivity contribution in [3.63, 3.8) is 0 Å². The number of methoxy groups -OCH3 is 2. The van der Waals surface area contributed by atoms with Crippen LogP contribution >= 0.6 is 55.3 Å². The van der Waals surface area contributed by atoms with Gasteiger partial charge in [-0.2, -0.15) is 11.8 Å². The first-order chi connectivity index (χ1) is 54.4. The molecule has 0 atom stereocenters. The summed E-state index contributed by atoms with van der Waals surface area (Å²) in [6.07, 6.45) is 13.2. The van der Waals surface area contributed by atoms with Crippen LogP contribution in [0.3, 0.4) is 0 Å². The van der Waals surface area contributed by atoms with Crippen molar-refractivity contribution in [3.8, 4) is 47.0 Å². The number of benzene rings is 14. The molecule has 0 aromatic heterocycles. The van der Waals surface area contributed by atoms with Crippen LogP contribution in [0.15, 0.2) is 413 Å². The third-order valence-electron chi connectivity index (χ3n) is 16.4. The third kappa shape index (κ3) is 34.8. The van der Waals surface area contributed by atoms with E-state index in [4.69, 9.17) is 22.3 Å². The summed E-state index contributed by atoms with van der Waals surface area (Å²) in [5, 5.41) is 17.5. The molecule has 115 heavy (non-hydrogen) atoms. The van der Waals surface area contributed by atoms with Crippen LogP contribution in [-0.2, 0) is 51.2 Å². The molecule has 18 heteroatoms. The minimum Gasteiger partial charge on any atom is -0.497 e. The average Bonchev–Trinajstić information content (AvgIpc) is 0.796. The van der Waals surface area contributed by atoms with Crippen LogP contribution < -0.4 is 73.1 Å². The van der Waals surface area contributed by atoms with Gasteiger partial charge in [-0.1, -0.05) is 364 Å². The maximum Gasteiger partial charge on any atom is 1.00 e. The second kappa shape index (κ2) is 49.9. The molecule has 0 radical (unpaired) electrons. The Morgan fingerprint density at radius 1 is 0.226 bits per heavy atom. The quantitative estimate of drug-likeness (QED) is 0.0249.